The van der Waals surface area contributed by atoms with Crippen molar-refractivity contribution in [3.05, 3.63) is 59.2 Å². The van der Waals surface area contributed by atoms with E-state index in [2.05, 4.69) is 5.32 Å². The first-order chi connectivity index (χ1) is 10.3. The van der Waals surface area contributed by atoms with Gasteiger partial charge in [0.2, 0.25) is 6.79 Å². The molecule has 0 saturated carbocycles. The lowest BCUT2D eigenvalue weighted by molar-refractivity contribution is 0.0950. The van der Waals surface area contributed by atoms with Crippen LogP contribution in [0, 0.1) is 0 Å². The van der Waals surface area contributed by atoms with E-state index in [0.717, 1.165) is 11.1 Å². The van der Waals surface area contributed by atoms with Gasteiger partial charge >= 0.3 is 0 Å². The van der Waals surface area contributed by atoms with E-state index < -0.39 is 0 Å². The van der Waals surface area contributed by atoms with Gasteiger partial charge in [-0.25, -0.2) is 0 Å². The van der Waals surface area contributed by atoms with Crippen molar-refractivity contribution in [2.24, 2.45) is 5.73 Å². The van der Waals surface area contributed by atoms with Gasteiger partial charge in [-0.1, -0.05) is 24.3 Å². The van der Waals surface area contributed by atoms with Crippen LogP contribution in [0.25, 0.3) is 0 Å². The zero-order valence-corrected chi connectivity index (χ0v) is 11.5. The van der Waals surface area contributed by atoms with E-state index in [-0.39, 0.29) is 12.7 Å². The zero-order chi connectivity index (χ0) is 14.7. The first kappa shape index (κ1) is 13.5. The minimum Gasteiger partial charge on any atom is -0.454 e. The standard InChI is InChI=1S/C16H16N2O3/c17-8-11-2-1-3-12(6-11)9-18-16(19)13-4-5-14-15(7-13)21-10-20-14/h1-7H,8-10,17H2,(H,18,19). The Bertz CT molecular complexity index is 670. The number of rotatable bonds is 4. The Hall–Kier alpha value is -2.53. The molecule has 2 aromatic rings. The summed E-state index contributed by atoms with van der Waals surface area (Å²) in [6, 6.07) is 13.0. The molecule has 3 rings (SSSR count). The Morgan fingerprint density at radius 1 is 1.10 bits per heavy atom. The number of nitrogens with one attached hydrogen (secondary N) is 1. The van der Waals surface area contributed by atoms with Crippen molar-refractivity contribution < 1.29 is 14.3 Å². The summed E-state index contributed by atoms with van der Waals surface area (Å²) in [6.07, 6.45) is 0. The molecule has 108 valence electrons. The molecular formula is C16H16N2O3. The fourth-order valence-electron chi connectivity index (χ4n) is 2.19. The van der Waals surface area contributed by atoms with Crippen LogP contribution in [-0.2, 0) is 13.1 Å². The van der Waals surface area contributed by atoms with Crippen LogP contribution in [0.4, 0.5) is 0 Å². The molecule has 0 saturated heterocycles. The maximum atomic E-state index is 12.1. The average Bonchev–Trinajstić information content (AvgIpc) is 3.00. The van der Waals surface area contributed by atoms with E-state index in [1.807, 2.05) is 24.3 Å². The molecule has 1 aliphatic rings. The van der Waals surface area contributed by atoms with Crippen molar-refractivity contribution in [3.63, 3.8) is 0 Å². The van der Waals surface area contributed by atoms with Crippen LogP contribution in [0.3, 0.4) is 0 Å². The van der Waals surface area contributed by atoms with Gasteiger partial charge in [0, 0.05) is 18.7 Å². The highest BCUT2D eigenvalue weighted by atomic mass is 16.7. The molecule has 0 aliphatic carbocycles. The maximum Gasteiger partial charge on any atom is 0.251 e. The van der Waals surface area contributed by atoms with Gasteiger partial charge in [0.25, 0.3) is 5.91 Å². The summed E-state index contributed by atoms with van der Waals surface area (Å²) in [4.78, 5) is 12.1. The number of benzene rings is 2. The number of nitrogens with two attached hydrogens (primary N) is 1. The van der Waals surface area contributed by atoms with E-state index >= 15 is 0 Å². The van der Waals surface area contributed by atoms with Crippen LogP contribution < -0.4 is 20.5 Å². The molecule has 3 N–H and O–H groups in total. The Kier molecular flexibility index (Phi) is 3.75. The molecule has 0 aromatic heterocycles. The van der Waals surface area contributed by atoms with E-state index in [4.69, 9.17) is 15.2 Å². The van der Waals surface area contributed by atoms with Gasteiger partial charge in [-0.3, -0.25) is 4.79 Å². The third-order valence-corrected chi connectivity index (χ3v) is 3.31. The fraction of sp³-hybridized carbons (Fsp3) is 0.188. The minimum atomic E-state index is -0.147. The Morgan fingerprint density at radius 3 is 2.76 bits per heavy atom. The molecule has 21 heavy (non-hydrogen) atoms. The van der Waals surface area contributed by atoms with Gasteiger partial charge in [-0.2, -0.15) is 0 Å². The van der Waals surface area contributed by atoms with Gasteiger partial charge in [0.05, 0.1) is 0 Å². The predicted molar refractivity (Wildman–Crippen MR) is 78.1 cm³/mol. The summed E-state index contributed by atoms with van der Waals surface area (Å²) in [6.45, 7) is 1.15. The third kappa shape index (κ3) is 2.98. The SMILES string of the molecule is NCc1cccc(CNC(=O)c2ccc3c(c2)OCO3)c1. The Balaban J connectivity index is 1.66. The van der Waals surface area contributed by atoms with Gasteiger partial charge in [-0.05, 0) is 29.3 Å². The monoisotopic (exact) mass is 284 g/mol. The second-order valence-corrected chi connectivity index (χ2v) is 4.77. The van der Waals surface area contributed by atoms with Crippen LogP contribution in [0.1, 0.15) is 21.5 Å². The molecule has 0 radical (unpaired) electrons. The number of hydrogen-bond donors (Lipinski definition) is 2. The number of carbonyl (C=O) groups excluding carboxylic acids is 1. The molecule has 2 aromatic carbocycles. The van der Waals surface area contributed by atoms with Crippen LogP contribution in [0.15, 0.2) is 42.5 Å². The van der Waals surface area contributed by atoms with Gasteiger partial charge in [0.15, 0.2) is 11.5 Å². The third-order valence-electron chi connectivity index (χ3n) is 3.31. The van der Waals surface area contributed by atoms with E-state index in [1.165, 1.54) is 0 Å². The number of amides is 1. The van der Waals surface area contributed by atoms with Crippen molar-refractivity contribution in [2.75, 3.05) is 6.79 Å². The zero-order valence-electron chi connectivity index (χ0n) is 11.5. The summed E-state index contributed by atoms with van der Waals surface area (Å²) >= 11 is 0. The van der Waals surface area contributed by atoms with Crippen molar-refractivity contribution in [1.29, 1.82) is 0 Å². The summed E-state index contributed by atoms with van der Waals surface area (Å²) in [5, 5.41) is 2.88. The largest absolute Gasteiger partial charge is 0.454 e. The normalized spacial score (nSPS) is 12.2. The number of carbonyl (C=O) groups is 1. The molecule has 0 spiro atoms. The van der Waals surface area contributed by atoms with Gasteiger partial charge < -0.3 is 20.5 Å². The predicted octanol–water partition coefficient (Wildman–Crippen LogP) is 1.80. The second kappa shape index (κ2) is 5.85. The van der Waals surface area contributed by atoms with Gasteiger partial charge in [0.1, 0.15) is 0 Å². The summed E-state index contributed by atoms with van der Waals surface area (Å²) in [5.41, 5.74) is 8.22. The highest BCUT2D eigenvalue weighted by molar-refractivity contribution is 5.94. The smallest absolute Gasteiger partial charge is 0.251 e. The molecule has 0 atom stereocenters. The summed E-state index contributed by atoms with van der Waals surface area (Å²) in [7, 11) is 0. The lowest BCUT2D eigenvalue weighted by Gasteiger charge is -2.07. The number of hydrogen-bond acceptors (Lipinski definition) is 4. The summed E-state index contributed by atoms with van der Waals surface area (Å²) < 4.78 is 10.5. The van der Waals surface area contributed by atoms with E-state index in [0.29, 0.717) is 30.2 Å². The van der Waals surface area contributed by atoms with E-state index in [9.17, 15) is 4.79 Å². The van der Waals surface area contributed by atoms with E-state index in [1.54, 1.807) is 18.2 Å². The molecular weight excluding hydrogens is 268 g/mol. The number of fused-ring (bicyclic) bond motifs is 1. The molecule has 0 fully saturated rings. The topological polar surface area (TPSA) is 73.6 Å². The molecule has 0 bridgehead atoms. The van der Waals surface area contributed by atoms with Crippen LogP contribution in [-0.4, -0.2) is 12.7 Å². The molecule has 0 unspecified atom stereocenters. The Labute approximate surface area is 122 Å². The lowest BCUT2D eigenvalue weighted by atomic mass is 10.1. The van der Waals surface area contributed by atoms with Crippen LogP contribution in [0.5, 0.6) is 11.5 Å². The van der Waals surface area contributed by atoms with Crippen molar-refractivity contribution in [2.45, 2.75) is 13.1 Å². The lowest BCUT2D eigenvalue weighted by Crippen LogP contribution is -2.22. The molecule has 5 nitrogen and oxygen atoms in total. The molecule has 5 heteroatoms. The molecule has 1 amide bonds. The van der Waals surface area contributed by atoms with Crippen molar-refractivity contribution in [1.82, 2.24) is 5.32 Å². The first-order valence-electron chi connectivity index (χ1n) is 6.72. The quantitative estimate of drug-likeness (QED) is 0.898. The second-order valence-electron chi connectivity index (χ2n) is 4.77. The van der Waals surface area contributed by atoms with Crippen LogP contribution >= 0.6 is 0 Å². The van der Waals surface area contributed by atoms with Crippen molar-refractivity contribution >= 4 is 5.91 Å². The minimum absolute atomic E-state index is 0.147. The first-order valence-corrected chi connectivity index (χ1v) is 6.72. The number of ether oxygens (including phenoxy) is 2. The van der Waals surface area contributed by atoms with Crippen LogP contribution in [0.2, 0.25) is 0 Å². The van der Waals surface area contributed by atoms with Crippen molar-refractivity contribution in [3.8, 4) is 11.5 Å². The average molecular weight is 284 g/mol. The molecule has 1 aliphatic heterocycles. The summed E-state index contributed by atoms with van der Waals surface area (Å²) in [5.74, 6) is 1.13. The molecule has 1 heterocycles. The Morgan fingerprint density at radius 2 is 1.90 bits per heavy atom. The fourth-order valence-corrected chi connectivity index (χ4v) is 2.19. The highest BCUT2D eigenvalue weighted by Gasteiger charge is 2.15. The highest BCUT2D eigenvalue weighted by Crippen LogP contribution is 2.32. The maximum absolute atomic E-state index is 12.1. The van der Waals surface area contributed by atoms with Gasteiger partial charge in [-0.15, -0.1) is 0 Å².